The van der Waals surface area contributed by atoms with Crippen molar-refractivity contribution in [1.29, 1.82) is 0 Å². The van der Waals surface area contributed by atoms with E-state index in [1.54, 1.807) is 4.80 Å². The van der Waals surface area contributed by atoms with Crippen molar-refractivity contribution < 1.29 is 14.3 Å². The van der Waals surface area contributed by atoms with Crippen LogP contribution in [0, 0.1) is 0 Å². The highest BCUT2D eigenvalue weighted by Crippen LogP contribution is 2.33. The molecule has 1 N–H and O–H groups in total. The van der Waals surface area contributed by atoms with E-state index in [9.17, 15) is 4.79 Å². The zero-order valence-electron chi connectivity index (χ0n) is 19.9. The largest absolute Gasteiger partial charge is 0.494 e. The van der Waals surface area contributed by atoms with E-state index in [1.165, 1.54) is 37.7 Å². The molecule has 5 rings (SSSR count). The quantitative estimate of drug-likeness (QED) is 0.348. The van der Waals surface area contributed by atoms with E-state index < -0.39 is 0 Å². The molecule has 1 amide bonds. The molecule has 1 aliphatic carbocycles. The van der Waals surface area contributed by atoms with Gasteiger partial charge in [-0.15, -0.1) is 10.2 Å². The van der Waals surface area contributed by atoms with Gasteiger partial charge in [0.25, 0.3) is 5.91 Å². The standard InChI is InChI=1S/C28H30N4O3/c1-2-34-24-15-11-23(12-16-24)32-30-26-17-10-22(18-27(26)31-32)29-28(33)19-35-25-13-8-21(9-14-25)20-6-4-3-5-7-20/h8-18,20H,2-7,19H2,1H3,(H,29,33). The number of nitrogens with zero attached hydrogens (tertiary/aromatic N) is 3. The van der Waals surface area contributed by atoms with Gasteiger partial charge in [0, 0.05) is 5.69 Å². The Hall–Kier alpha value is -3.87. The zero-order valence-corrected chi connectivity index (χ0v) is 19.9. The van der Waals surface area contributed by atoms with Crippen LogP contribution in [0.25, 0.3) is 16.7 Å². The molecule has 1 fully saturated rings. The summed E-state index contributed by atoms with van der Waals surface area (Å²) < 4.78 is 11.2. The second-order valence-electron chi connectivity index (χ2n) is 8.86. The Morgan fingerprint density at radius 3 is 2.31 bits per heavy atom. The van der Waals surface area contributed by atoms with Gasteiger partial charge in [-0.25, -0.2) is 0 Å². The van der Waals surface area contributed by atoms with Gasteiger partial charge in [0.15, 0.2) is 6.61 Å². The smallest absolute Gasteiger partial charge is 0.262 e. The molecular weight excluding hydrogens is 440 g/mol. The lowest BCUT2D eigenvalue weighted by molar-refractivity contribution is -0.118. The first kappa shape index (κ1) is 22.9. The number of nitrogens with one attached hydrogen (secondary N) is 1. The van der Waals surface area contributed by atoms with E-state index in [2.05, 4.69) is 27.6 Å². The van der Waals surface area contributed by atoms with E-state index in [0.29, 0.717) is 29.5 Å². The van der Waals surface area contributed by atoms with Gasteiger partial charge in [-0.2, -0.15) is 4.80 Å². The molecule has 0 aliphatic heterocycles. The van der Waals surface area contributed by atoms with Gasteiger partial charge < -0.3 is 14.8 Å². The summed E-state index contributed by atoms with van der Waals surface area (Å²) in [5, 5.41) is 12.0. The fourth-order valence-corrected chi connectivity index (χ4v) is 4.57. The number of rotatable bonds is 8. The van der Waals surface area contributed by atoms with Crippen LogP contribution in [-0.4, -0.2) is 34.1 Å². The molecule has 0 atom stereocenters. The highest BCUT2D eigenvalue weighted by atomic mass is 16.5. The van der Waals surface area contributed by atoms with Gasteiger partial charge in [0.2, 0.25) is 0 Å². The van der Waals surface area contributed by atoms with Gasteiger partial charge >= 0.3 is 0 Å². The van der Waals surface area contributed by atoms with Gasteiger partial charge in [-0.1, -0.05) is 31.4 Å². The maximum atomic E-state index is 12.5. The second-order valence-corrected chi connectivity index (χ2v) is 8.86. The van der Waals surface area contributed by atoms with Crippen LogP contribution in [0.3, 0.4) is 0 Å². The summed E-state index contributed by atoms with van der Waals surface area (Å²) in [6, 6.07) is 21.2. The van der Waals surface area contributed by atoms with E-state index in [0.717, 1.165) is 17.0 Å². The van der Waals surface area contributed by atoms with Crippen molar-refractivity contribution in [2.75, 3.05) is 18.5 Å². The highest BCUT2D eigenvalue weighted by molar-refractivity contribution is 5.93. The third-order valence-electron chi connectivity index (χ3n) is 6.37. The number of aromatic nitrogens is 3. The molecule has 0 bridgehead atoms. The molecule has 180 valence electrons. The lowest BCUT2D eigenvalue weighted by Crippen LogP contribution is -2.20. The molecule has 1 aromatic heterocycles. The van der Waals surface area contributed by atoms with Gasteiger partial charge in [0.1, 0.15) is 22.5 Å². The third kappa shape index (κ3) is 5.62. The van der Waals surface area contributed by atoms with Crippen molar-refractivity contribution in [3.63, 3.8) is 0 Å². The molecule has 0 radical (unpaired) electrons. The summed E-state index contributed by atoms with van der Waals surface area (Å²) in [6.45, 7) is 2.52. The normalized spacial score (nSPS) is 14.1. The maximum absolute atomic E-state index is 12.5. The van der Waals surface area contributed by atoms with E-state index >= 15 is 0 Å². The minimum Gasteiger partial charge on any atom is -0.494 e. The molecule has 0 saturated heterocycles. The number of carbonyl (C=O) groups is 1. The molecule has 1 saturated carbocycles. The average Bonchev–Trinajstić information content (AvgIpc) is 3.32. The number of carbonyl (C=O) groups excluding carboxylic acids is 1. The predicted molar refractivity (Wildman–Crippen MR) is 136 cm³/mol. The lowest BCUT2D eigenvalue weighted by atomic mass is 9.84. The Bertz CT molecular complexity index is 1280. The Kier molecular flexibility index (Phi) is 6.93. The number of ether oxygens (including phenoxy) is 2. The van der Waals surface area contributed by atoms with Crippen LogP contribution in [0.5, 0.6) is 11.5 Å². The Labute approximate surface area is 205 Å². The van der Waals surface area contributed by atoms with Crippen molar-refractivity contribution in [2.45, 2.75) is 44.9 Å². The first-order valence-electron chi connectivity index (χ1n) is 12.3. The molecule has 7 heteroatoms. The van der Waals surface area contributed by atoms with Crippen LogP contribution in [-0.2, 0) is 4.79 Å². The summed E-state index contributed by atoms with van der Waals surface area (Å²) in [5.74, 6) is 1.94. The number of benzene rings is 3. The Morgan fingerprint density at radius 1 is 0.886 bits per heavy atom. The molecule has 4 aromatic rings. The zero-order chi connectivity index (χ0) is 24.0. The van der Waals surface area contributed by atoms with E-state index in [4.69, 9.17) is 9.47 Å². The topological polar surface area (TPSA) is 78.3 Å². The first-order chi connectivity index (χ1) is 17.2. The number of anilines is 1. The number of amides is 1. The summed E-state index contributed by atoms with van der Waals surface area (Å²) in [5.41, 5.74) is 4.28. The van der Waals surface area contributed by atoms with Crippen molar-refractivity contribution in [1.82, 2.24) is 15.0 Å². The Morgan fingerprint density at radius 2 is 1.57 bits per heavy atom. The third-order valence-corrected chi connectivity index (χ3v) is 6.37. The number of hydrogen-bond donors (Lipinski definition) is 1. The van der Waals surface area contributed by atoms with Crippen LogP contribution in [0.4, 0.5) is 5.69 Å². The van der Waals surface area contributed by atoms with Crippen molar-refractivity contribution in [3.8, 4) is 17.2 Å². The summed E-state index contributed by atoms with van der Waals surface area (Å²) >= 11 is 0. The molecular formula is C28H30N4O3. The first-order valence-corrected chi connectivity index (χ1v) is 12.3. The molecule has 0 unspecified atom stereocenters. The minimum atomic E-state index is -0.223. The average molecular weight is 471 g/mol. The van der Waals surface area contributed by atoms with Crippen LogP contribution in [0.2, 0.25) is 0 Å². The van der Waals surface area contributed by atoms with Gasteiger partial charge in [-0.05, 0) is 85.8 Å². The van der Waals surface area contributed by atoms with Crippen molar-refractivity contribution in [2.24, 2.45) is 0 Å². The summed E-state index contributed by atoms with van der Waals surface area (Å²) in [7, 11) is 0. The molecule has 35 heavy (non-hydrogen) atoms. The predicted octanol–water partition coefficient (Wildman–Crippen LogP) is 5.88. The van der Waals surface area contributed by atoms with Crippen LogP contribution < -0.4 is 14.8 Å². The second kappa shape index (κ2) is 10.6. The minimum absolute atomic E-state index is 0.0559. The lowest BCUT2D eigenvalue weighted by Gasteiger charge is -2.22. The monoisotopic (exact) mass is 470 g/mol. The molecule has 3 aromatic carbocycles. The number of fused-ring (bicyclic) bond motifs is 1. The number of hydrogen-bond acceptors (Lipinski definition) is 5. The van der Waals surface area contributed by atoms with Crippen LogP contribution in [0.1, 0.15) is 50.5 Å². The van der Waals surface area contributed by atoms with E-state index in [-0.39, 0.29) is 12.5 Å². The van der Waals surface area contributed by atoms with Crippen LogP contribution >= 0.6 is 0 Å². The Balaban J connectivity index is 1.18. The van der Waals surface area contributed by atoms with Crippen molar-refractivity contribution in [3.05, 3.63) is 72.3 Å². The van der Waals surface area contributed by atoms with Gasteiger partial charge in [0.05, 0.1) is 12.3 Å². The highest BCUT2D eigenvalue weighted by Gasteiger charge is 2.15. The SMILES string of the molecule is CCOc1ccc(-n2nc3ccc(NC(=O)COc4ccc(C5CCCCC5)cc4)cc3n2)cc1. The van der Waals surface area contributed by atoms with E-state index in [1.807, 2.05) is 61.5 Å². The molecule has 1 aliphatic rings. The van der Waals surface area contributed by atoms with Crippen LogP contribution in [0.15, 0.2) is 66.7 Å². The maximum Gasteiger partial charge on any atom is 0.262 e. The van der Waals surface area contributed by atoms with Crippen molar-refractivity contribution >= 4 is 22.6 Å². The summed E-state index contributed by atoms with van der Waals surface area (Å²) in [4.78, 5) is 14.0. The molecule has 1 heterocycles. The molecule has 0 spiro atoms. The fourth-order valence-electron chi connectivity index (χ4n) is 4.57. The van der Waals surface area contributed by atoms with Gasteiger partial charge in [-0.3, -0.25) is 4.79 Å². The fraction of sp³-hybridized carbons (Fsp3) is 0.321. The summed E-state index contributed by atoms with van der Waals surface area (Å²) in [6.07, 6.45) is 6.50. The molecule has 7 nitrogen and oxygen atoms in total.